The van der Waals surface area contributed by atoms with Crippen molar-refractivity contribution >= 4 is 15.9 Å². The van der Waals surface area contributed by atoms with Crippen LogP contribution in [0.3, 0.4) is 0 Å². The molecule has 6 nitrogen and oxygen atoms in total. The lowest BCUT2D eigenvalue weighted by Crippen LogP contribution is -2.41. The smallest absolute Gasteiger partial charge is 0.251 e. The summed E-state index contributed by atoms with van der Waals surface area (Å²) >= 11 is 0. The first-order valence-electron chi connectivity index (χ1n) is 8.76. The Morgan fingerprint density at radius 1 is 1.24 bits per heavy atom. The molecule has 0 aromatic heterocycles. The minimum Gasteiger partial charge on any atom is -0.495 e. The molecular weight excluding hydrogens is 340 g/mol. The van der Waals surface area contributed by atoms with E-state index in [0.29, 0.717) is 11.5 Å². The van der Waals surface area contributed by atoms with Gasteiger partial charge in [0.1, 0.15) is 10.6 Å². The van der Waals surface area contributed by atoms with Crippen LogP contribution < -0.4 is 14.8 Å². The van der Waals surface area contributed by atoms with E-state index in [4.69, 9.17) is 4.74 Å². The normalized spacial score (nSPS) is 21.2. The Hall–Kier alpha value is -1.60. The largest absolute Gasteiger partial charge is 0.495 e. The molecule has 140 valence electrons. The quantitative estimate of drug-likeness (QED) is 0.808. The highest BCUT2D eigenvalue weighted by Crippen LogP contribution is 2.29. The predicted octanol–water partition coefficient (Wildman–Crippen LogP) is 2.69. The summed E-state index contributed by atoms with van der Waals surface area (Å²) in [5.41, 5.74) is 0.298. The van der Waals surface area contributed by atoms with Gasteiger partial charge in [-0.25, -0.2) is 13.1 Å². The minimum atomic E-state index is -3.78. The molecule has 0 radical (unpaired) electrons. The van der Waals surface area contributed by atoms with Gasteiger partial charge in [-0.15, -0.1) is 0 Å². The van der Waals surface area contributed by atoms with Gasteiger partial charge >= 0.3 is 0 Å². The summed E-state index contributed by atoms with van der Waals surface area (Å²) < 4.78 is 33.8. The van der Waals surface area contributed by atoms with E-state index in [2.05, 4.69) is 17.0 Å². The Morgan fingerprint density at radius 2 is 1.92 bits per heavy atom. The molecule has 0 bridgehead atoms. The topological polar surface area (TPSA) is 84.5 Å². The van der Waals surface area contributed by atoms with Crippen LogP contribution in [0.1, 0.15) is 56.8 Å². The van der Waals surface area contributed by atoms with Crippen LogP contribution in [0.2, 0.25) is 0 Å². The summed E-state index contributed by atoms with van der Waals surface area (Å²) in [5.74, 6) is 0.221. The highest BCUT2D eigenvalue weighted by atomic mass is 32.2. The van der Waals surface area contributed by atoms with E-state index in [0.717, 1.165) is 25.7 Å². The summed E-state index contributed by atoms with van der Waals surface area (Å²) in [7, 11) is -2.35. The van der Waals surface area contributed by atoms with Crippen LogP contribution in [-0.4, -0.2) is 33.5 Å². The fraction of sp³-hybridized carbons (Fsp3) is 0.611. The van der Waals surface area contributed by atoms with Crippen molar-refractivity contribution < 1.29 is 17.9 Å². The molecule has 1 amide bonds. The number of nitrogens with one attached hydrogen (secondary N) is 2. The molecule has 0 saturated heterocycles. The van der Waals surface area contributed by atoms with Gasteiger partial charge in [0.2, 0.25) is 10.0 Å². The van der Waals surface area contributed by atoms with Gasteiger partial charge < -0.3 is 10.1 Å². The molecule has 2 rings (SSSR count). The van der Waals surface area contributed by atoms with Crippen molar-refractivity contribution in [2.24, 2.45) is 5.92 Å². The van der Waals surface area contributed by atoms with Crippen LogP contribution in [0.15, 0.2) is 23.1 Å². The fourth-order valence-corrected chi connectivity index (χ4v) is 4.70. The van der Waals surface area contributed by atoms with Crippen LogP contribution in [0, 0.1) is 5.92 Å². The van der Waals surface area contributed by atoms with Gasteiger partial charge in [-0.05, 0) is 50.8 Å². The lowest BCUT2D eigenvalue weighted by Gasteiger charge is -2.29. The van der Waals surface area contributed by atoms with Crippen molar-refractivity contribution in [1.29, 1.82) is 0 Å². The van der Waals surface area contributed by atoms with Crippen molar-refractivity contribution in [3.8, 4) is 5.75 Å². The molecule has 1 fully saturated rings. The summed E-state index contributed by atoms with van der Waals surface area (Å²) in [5, 5.41) is 2.77. The second-order valence-electron chi connectivity index (χ2n) is 6.98. The highest BCUT2D eigenvalue weighted by molar-refractivity contribution is 7.89. The average molecular weight is 368 g/mol. The molecule has 2 N–H and O–H groups in total. The number of hydrogen-bond donors (Lipinski definition) is 2. The van der Waals surface area contributed by atoms with Gasteiger partial charge in [0.05, 0.1) is 7.11 Å². The second-order valence-corrected chi connectivity index (χ2v) is 8.67. The Bertz CT molecular complexity index is 716. The van der Waals surface area contributed by atoms with Gasteiger partial charge in [-0.3, -0.25) is 4.79 Å². The number of ether oxygens (including phenoxy) is 1. The Morgan fingerprint density at radius 3 is 2.52 bits per heavy atom. The average Bonchev–Trinajstić information content (AvgIpc) is 2.55. The van der Waals surface area contributed by atoms with Gasteiger partial charge in [0.25, 0.3) is 5.91 Å². The molecule has 2 atom stereocenters. The Balaban J connectivity index is 2.32. The number of sulfonamides is 1. The van der Waals surface area contributed by atoms with E-state index in [9.17, 15) is 13.2 Å². The molecule has 1 aromatic carbocycles. The van der Waals surface area contributed by atoms with Gasteiger partial charge in [0, 0.05) is 17.6 Å². The monoisotopic (exact) mass is 368 g/mol. The Kier molecular flexibility index (Phi) is 6.46. The molecule has 0 spiro atoms. The SMILES string of the molecule is COc1ccc(C(=O)NC(C)C)cc1S(=O)(=O)NC1CCCCC1C. The molecule has 25 heavy (non-hydrogen) atoms. The zero-order valence-electron chi connectivity index (χ0n) is 15.3. The maximum atomic E-state index is 12.9. The van der Waals surface area contributed by atoms with Crippen molar-refractivity contribution in [3.05, 3.63) is 23.8 Å². The number of benzene rings is 1. The van der Waals surface area contributed by atoms with E-state index in [1.807, 2.05) is 13.8 Å². The number of amides is 1. The van der Waals surface area contributed by atoms with E-state index in [1.54, 1.807) is 6.07 Å². The highest BCUT2D eigenvalue weighted by Gasteiger charge is 2.29. The van der Waals surface area contributed by atoms with Crippen LogP contribution in [-0.2, 0) is 10.0 Å². The fourth-order valence-electron chi connectivity index (χ4n) is 3.13. The maximum Gasteiger partial charge on any atom is 0.251 e. The predicted molar refractivity (Wildman–Crippen MR) is 97.3 cm³/mol. The van der Waals surface area contributed by atoms with Crippen LogP contribution in [0.25, 0.3) is 0 Å². The molecule has 7 heteroatoms. The third-order valence-electron chi connectivity index (χ3n) is 4.55. The molecule has 1 aromatic rings. The first-order chi connectivity index (χ1) is 11.7. The molecule has 0 aliphatic heterocycles. The first kappa shape index (κ1) is 19.7. The van der Waals surface area contributed by atoms with Gasteiger partial charge in [-0.1, -0.05) is 19.8 Å². The molecule has 1 aliphatic carbocycles. The van der Waals surface area contributed by atoms with E-state index in [1.165, 1.54) is 19.2 Å². The summed E-state index contributed by atoms with van der Waals surface area (Å²) in [6, 6.07) is 4.35. The summed E-state index contributed by atoms with van der Waals surface area (Å²) in [4.78, 5) is 12.2. The van der Waals surface area contributed by atoms with E-state index < -0.39 is 10.0 Å². The molecule has 2 unspecified atom stereocenters. The number of hydrogen-bond acceptors (Lipinski definition) is 4. The van der Waals surface area contributed by atoms with Crippen LogP contribution in [0.4, 0.5) is 0 Å². The standard InChI is InChI=1S/C18H28N2O4S/c1-12(2)19-18(21)14-9-10-16(24-4)17(11-14)25(22,23)20-15-8-6-5-7-13(15)3/h9-13,15,20H,5-8H2,1-4H3,(H,19,21). The molecular formula is C18H28N2O4S. The molecule has 1 saturated carbocycles. The number of carbonyl (C=O) groups is 1. The van der Waals surface area contributed by atoms with Crippen molar-refractivity contribution in [2.45, 2.75) is 63.4 Å². The third kappa shape index (κ3) is 4.95. The summed E-state index contributed by atoms with van der Waals surface area (Å²) in [6.07, 6.45) is 4.00. The minimum absolute atomic E-state index is 0.00387. The zero-order chi connectivity index (χ0) is 18.6. The lowest BCUT2D eigenvalue weighted by atomic mass is 9.87. The number of methoxy groups -OCH3 is 1. The second kappa shape index (κ2) is 8.19. The van der Waals surface area contributed by atoms with Crippen molar-refractivity contribution in [1.82, 2.24) is 10.0 Å². The van der Waals surface area contributed by atoms with Gasteiger partial charge in [-0.2, -0.15) is 0 Å². The lowest BCUT2D eigenvalue weighted by molar-refractivity contribution is 0.0943. The van der Waals surface area contributed by atoms with E-state index >= 15 is 0 Å². The van der Waals surface area contributed by atoms with Gasteiger partial charge in [0.15, 0.2) is 0 Å². The van der Waals surface area contributed by atoms with E-state index in [-0.39, 0.29) is 28.6 Å². The number of rotatable bonds is 6. The Labute approximate surface area is 150 Å². The molecule has 1 aliphatic rings. The first-order valence-corrected chi connectivity index (χ1v) is 10.2. The zero-order valence-corrected chi connectivity index (χ0v) is 16.2. The van der Waals surface area contributed by atoms with Crippen LogP contribution >= 0.6 is 0 Å². The van der Waals surface area contributed by atoms with Crippen molar-refractivity contribution in [2.75, 3.05) is 7.11 Å². The van der Waals surface area contributed by atoms with Crippen molar-refractivity contribution in [3.63, 3.8) is 0 Å². The van der Waals surface area contributed by atoms with Crippen LogP contribution in [0.5, 0.6) is 5.75 Å². The third-order valence-corrected chi connectivity index (χ3v) is 6.06. The molecule has 0 heterocycles. The maximum absolute atomic E-state index is 12.9. The summed E-state index contributed by atoms with van der Waals surface area (Å²) in [6.45, 7) is 5.77. The number of carbonyl (C=O) groups excluding carboxylic acids is 1.